The number of ether oxygens (including phenoxy) is 1. The predicted molar refractivity (Wildman–Crippen MR) is 50.7 cm³/mol. The molecule has 0 fully saturated rings. The first kappa shape index (κ1) is 10.3. The molecular formula is C9H11ClFNO. The lowest BCUT2D eigenvalue weighted by molar-refractivity contribution is 0.407. The molecule has 0 atom stereocenters. The van der Waals surface area contributed by atoms with E-state index < -0.39 is 5.82 Å². The normalized spacial score (nSPS) is 10.2. The van der Waals surface area contributed by atoms with Gasteiger partial charge in [-0.15, -0.1) is 0 Å². The SMILES string of the molecule is CNCc1cc(F)c(Cl)cc1OC. The number of nitrogens with one attached hydrogen (secondary N) is 1. The molecule has 0 heterocycles. The largest absolute Gasteiger partial charge is 0.496 e. The van der Waals surface area contributed by atoms with E-state index in [1.165, 1.54) is 19.2 Å². The maximum absolute atomic E-state index is 13.0. The van der Waals surface area contributed by atoms with Crippen LogP contribution in [0.2, 0.25) is 5.02 Å². The second kappa shape index (κ2) is 4.44. The molecule has 0 radical (unpaired) electrons. The Kier molecular flexibility index (Phi) is 3.51. The Morgan fingerprint density at radius 2 is 2.23 bits per heavy atom. The van der Waals surface area contributed by atoms with Crippen LogP contribution in [0.15, 0.2) is 12.1 Å². The van der Waals surface area contributed by atoms with Crippen LogP contribution >= 0.6 is 11.6 Å². The zero-order valence-corrected chi connectivity index (χ0v) is 8.28. The first-order valence-corrected chi connectivity index (χ1v) is 4.23. The standard InChI is InChI=1S/C9H11ClFNO/c1-12-5-6-3-8(11)7(10)4-9(6)13-2/h3-4,12H,5H2,1-2H3. The van der Waals surface area contributed by atoms with Crippen LogP contribution in [0.5, 0.6) is 5.75 Å². The van der Waals surface area contributed by atoms with Gasteiger partial charge in [-0.3, -0.25) is 0 Å². The van der Waals surface area contributed by atoms with Gasteiger partial charge in [-0.2, -0.15) is 0 Å². The summed E-state index contributed by atoms with van der Waals surface area (Å²) in [6, 6.07) is 2.85. The van der Waals surface area contributed by atoms with Crippen molar-refractivity contribution in [1.29, 1.82) is 0 Å². The topological polar surface area (TPSA) is 21.3 Å². The van der Waals surface area contributed by atoms with Gasteiger partial charge >= 0.3 is 0 Å². The highest BCUT2D eigenvalue weighted by atomic mass is 35.5. The fraction of sp³-hybridized carbons (Fsp3) is 0.333. The highest BCUT2D eigenvalue weighted by Gasteiger charge is 2.07. The Bertz CT molecular complexity index is 304. The van der Waals surface area contributed by atoms with E-state index in [2.05, 4.69) is 5.32 Å². The molecule has 1 rings (SSSR count). The Morgan fingerprint density at radius 1 is 1.54 bits per heavy atom. The molecule has 0 unspecified atom stereocenters. The van der Waals surface area contributed by atoms with Gasteiger partial charge in [0.05, 0.1) is 12.1 Å². The van der Waals surface area contributed by atoms with Gasteiger partial charge < -0.3 is 10.1 Å². The van der Waals surface area contributed by atoms with Crippen molar-refractivity contribution in [3.05, 3.63) is 28.5 Å². The molecule has 72 valence electrons. The van der Waals surface area contributed by atoms with Crippen molar-refractivity contribution in [2.45, 2.75) is 6.54 Å². The number of rotatable bonds is 3. The van der Waals surface area contributed by atoms with Crippen molar-refractivity contribution in [1.82, 2.24) is 5.32 Å². The fourth-order valence-electron chi connectivity index (χ4n) is 1.09. The zero-order valence-electron chi connectivity index (χ0n) is 7.53. The molecule has 0 aromatic heterocycles. The van der Waals surface area contributed by atoms with Crippen molar-refractivity contribution in [2.75, 3.05) is 14.2 Å². The van der Waals surface area contributed by atoms with Crippen LogP contribution in [-0.2, 0) is 6.54 Å². The average molecular weight is 204 g/mol. The smallest absolute Gasteiger partial charge is 0.142 e. The maximum Gasteiger partial charge on any atom is 0.142 e. The molecule has 1 aromatic carbocycles. The summed E-state index contributed by atoms with van der Waals surface area (Å²) >= 11 is 5.59. The van der Waals surface area contributed by atoms with Crippen molar-refractivity contribution in [2.24, 2.45) is 0 Å². The van der Waals surface area contributed by atoms with Crippen LogP contribution in [-0.4, -0.2) is 14.2 Å². The number of hydrogen-bond donors (Lipinski definition) is 1. The van der Waals surface area contributed by atoms with E-state index in [0.717, 1.165) is 5.56 Å². The van der Waals surface area contributed by atoms with Gasteiger partial charge in [0.15, 0.2) is 0 Å². The van der Waals surface area contributed by atoms with E-state index in [1.54, 1.807) is 7.05 Å². The Labute approximate surface area is 81.7 Å². The lowest BCUT2D eigenvalue weighted by atomic mass is 10.2. The van der Waals surface area contributed by atoms with E-state index in [9.17, 15) is 4.39 Å². The average Bonchev–Trinajstić information content (AvgIpc) is 2.11. The molecule has 0 amide bonds. The summed E-state index contributed by atoms with van der Waals surface area (Å²) in [6.07, 6.45) is 0. The summed E-state index contributed by atoms with van der Waals surface area (Å²) in [7, 11) is 3.31. The first-order chi connectivity index (χ1) is 6.19. The molecule has 0 aliphatic heterocycles. The predicted octanol–water partition coefficient (Wildman–Crippen LogP) is 2.21. The molecular weight excluding hydrogens is 193 g/mol. The summed E-state index contributed by atoms with van der Waals surface area (Å²) in [5.74, 6) is 0.175. The number of hydrogen-bond acceptors (Lipinski definition) is 2. The Hall–Kier alpha value is -0.800. The first-order valence-electron chi connectivity index (χ1n) is 3.85. The zero-order chi connectivity index (χ0) is 9.84. The summed E-state index contributed by atoms with van der Waals surface area (Å²) in [4.78, 5) is 0. The summed E-state index contributed by atoms with van der Waals surface area (Å²) in [6.45, 7) is 0.553. The van der Waals surface area contributed by atoms with Gasteiger partial charge in [0.2, 0.25) is 0 Å². The Morgan fingerprint density at radius 3 is 2.77 bits per heavy atom. The van der Waals surface area contributed by atoms with Gasteiger partial charge in [-0.05, 0) is 13.1 Å². The molecule has 0 saturated heterocycles. The number of halogens is 2. The third kappa shape index (κ3) is 2.32. The van der Waals surface area contributed by atoms with Crippen LogP contribution in [0, 0.1) is 5.82 Å². The molecule has 0 bridgehead atoms. The van der Waals surface area contributed by atoms with Crippen molar-refractivity contribution < 1.29 is 9.13 Å². The van der Waals surface area contributed by atoms with Crippen LogP contribution in [0.4, 0.5) is 4.39 Å². The molecule has 13 heavy (non-hydrogen) atoms. The molecule has 0 spiro atoms. The maximum atomic E-state index is 13.0. The summed E-state index contributed by atoms with van der Waals surface area (Å²) in [5, 5.41) is 3.00. The molecule has 0 aliphatic rings. The van der Waals surface area contributed by atoms with Crippen LogP contribution in [0.25, 0.3) is 0 Å². The van der Waals surface area contributed by atoms with Crippen LogP contribution in [0.1, 0.15) is 5.56 Å². The van der Waals surface area contributed by atoms with Crippen LogP contribution < -0.4 is 10.1 Å². The quantitative estimate of drug-likeness (QED) is 0.814. The van der Waals surface area contributed by atoms with Crippen LogP contribution in [0.3, 0.4) is 0 Å². The molecule has 0 saturated carbocycles. The third-order valence-corrected chi connectivity index (χ3v) is 1.98. The van der Waals surface area contributed by atoms with Gasteiger partial charge in [-0.1, -0.05) is 11.6 Å². The fourth-order valence-corrected chi connectivity index (χ4v) is 1.24. The highest BCUT2D eigenvalue weighted by molar-refractivity contribution is 6.30. The lowest BCUT2D eigenvalue weighted by Crippen LogP contribution is -2.07. The molecule has 1 N–H and O–H groups in total. The van der Waals surface area contributed by atoms with E-state index in [-0.39, 0.29) is 5.02 Å². The third-order valence-electron chi connectivity index (χ3n) is 1.69. The van der Waals surface area contributed by atoms with Crippen molar-refractivity contribution in [3.8, 4) is 5.75 Å². The number of benzene rings is 1. The minimum atomic E-state index is -0.423. The summed E-state index contributed by atoms with van der Waals surface area (Å²) in [5.41, 5.74) is 0.756. The van der Waals surface area contributed by atoms with E-state index >= 15 is 0 Å². The van der Waals surface area contributed by atoms with E-state index in [1.807, 2.05) is 0 Å². The molecule has 1 aromatic rings. The lowest BCUT2D eigenvalue weighted by Gasteiger charge is -2.08. The monoisotopic (exact) mass is 203 g/mol. The van der Waals surface area contributed by atoms with E-state index in [0.29, 0.717) is 12.3 Å². The summed E-state index contributed by atoms with van der Waals surface area (Å²) < 4.78 is 18.0. The second-order valence-corrected chi connectivity index (χ2v) is 3.02. The Balaban J connectivity index is 3.09. The molecule has 2 nitrogen and oxygen atoms in total. The van der Waals surface area contributed by atoms with Gasteiger partial charge in [0, 0.05) is 18.2 Å². The van der Waals surface area contributed by atoms with Crippen molar-refractivity contribution in [3.63, 3.8) is 0 Å². The minimum absolute atomic E-state index is 0.0803. The van der Waals surface area contributed by atoms with Gasteiger partial charge in [-0.25, -0.2) is 4.39 Å². The minimum Gasteiger partial charge on any atom is -0.496 e. The second-order valence-electron chi connectivity index (χ2n) is 2.61. The highest BCUT2D eigenvalue weighted by Crippen LogP contribution is 2.25. The van der Waals surface area contributed by atoms with E-state index in [4.69, 9.17) is 16.3 Å². The number of methoxy groups -OCH3 is 1. The molecule has 0 aliphatic carbocycles. The van der Waals surface area contributed by atoms with Crippen molar-refractivity contribution >= 4 is 11.6 Å². The van der Waals surface area contributed by atoms with Gasteiger partial charge in [0.1, 0.15) is 11.6 Å². The molecule has 4 heteroatoms. The van der Waals surface area contributed by atoms with Gasteiger partial charge in [0.25, 0.3) is 0 Å².